The Labute approximate surface area is 117 Å². The molecule has 1 heterocycles. The highest BCUT2D eigenvalue weighted by atomic mass is 16.3. The number of benzene rings is 1. The Morgan fingerprint density at radius 3 is 2.26 bits per heavy atom. The third kappa shape index (κ3) is 3.01. The van der Waals surface area contributed by atoms with Crippen molar-refractivity contribution in [2.24, 2.45) is 0 Å². The van der Waals surface area contributed by atoms with Crippen molar-refractivity contribution in [3.8, 4) is 0 Å². The number of hydrogen-bond acceptors (Lipinski definition) is 2. The fraction of sp³-hybridized carbons (Fsp3) is 0.647. The maximum absolute atomic E-state index is 10.6. The first kappa shape index (κ1) is 14.5. The van der Waals surface area contributed by atoms with Crippen LogP contribution in [0.2, 0.25) is 0 Å². The van der Waals surface area contributed by atoms with Gasteiger partial charge in [0.2, 0.25) is 0 Å². The fourth-order valence-corrected chi connectivity index (χ4v) is 3.52. The molecule has 1 saturated heterocycles. The maximum Gasteiger partial charge on any atom is 0.0922 e. The molecular formula is C17H27NO. The van der Waals surface area contributed by atoms with Gasteiger partial charge in [-0.25, -0.2) is 0 Å². The van der Waals surface area contributed by atoms with E-state index in [0.29, 0.717) is 0 Å². The average Bonchev–Trinajstić information content (AvgIpc) is 2.56. The third-order valence-electron chi connectivity index (χ3n) is 4.54. The lowest BCUT2D eigenvalue weighted by Crippen LogP contribution is -2.40. The predicted molar refractivity (Wildman–Crippen MR) is 80.5 cm³/mol. The largest absolute Gasteiger partial charge is 0.387 e. The van der Waals surface area contributed by atoms with E-state index in [1.165, 1.54) is 29.5 Å². The van der Waals surface area contributed by atoms with Crippen molar-refractivity contribution in [2.75, 3.05) is 13.1 Å². The quantitative estimate of drug-likeness (QED) is 0.900. The molecule has 19 heavy (non-hydrogen) atoms. The van der Waals surface area contributed by atoms with Gasteiger partial charge in [0.25, 0.3) is 0 Å². The molecule has 0 radical (unpaired) electrons. The lowest BCUT2D eigenvalue weighted by atomic mass is 9.94. The molecule has 1 fully saturated rings. The summed E-state index contributed by atoms with van der Waals surface area (Å²) in [4.78, 5) is 2.43. The minimum Gasteiger partial charge on any atom is -0.387 e. The standard InChI is InChI=1S/C17H27NO/c1-12-9-13(2)16(14(3)10-12)15(19)11-18-8-6-7-17(18,4)5/h9-10,15,19H,6-8,11H2,1-5H3. The van der Waals surface area contributed by atoms with Crippen LogP contribution >= 0.6 is 0 Å². The lowest BCUT2D eigenvalue weighted by molar-refractivity contribution is 0.0772. The first-order valence-electron chi connectivity index (χ1n) is 7.32. The summed E-state index contributed by atoms with van der Waals surface area (Å²) in [5, 5.41) is 10.6. The first-order valence-corrected chi connectivity index (χ1v) is 7.32. The van der Waals surface area contributed by atoms with Gasteiger partial charge in [-0.05, 0) is 70.7 Å². The molecule has 0 spiro atoms. The monoisotopic (exact) mass is 261 g/mol. The normalized spacial score (nSPS) is 20.7. The molecule has 0 amide bonds. The van der Waals surface area contributed by atoms with Crippen molar-refractivity contribution in [3.63, 3.8) is 0 Å². The van der Waals surface area contributed by atoms with E-state index in [2.05, 4.69) is 51.7 Å². The van der Waals surface area contributed by atoms with E-state index in [4.69, 9.17) is 0 Å². The molecule has 0 bridgehead atoms. The van der Waals surface area contributed by atoms with Gasteiger partial charge in [0.1, 0.15) is 0 Å². The number of aryl methyl sites for hydroxylation is 3. The van der Waals surface area contributed by atoms with Gasteiger partial charge in [0, 0.05) is 12.1 Å². The first-order chi connectivity index (χ1) is 8.81. The van der Waals surface area contributed by atoms with Crippen LogP contribution in [0.3, 0.4) is 0 Å². The van der Waals surface area contributed by atoms with Crippen molar-refractivity contribution in [1.29, 1.82) is 0 Å². The van der Waals surface area contributed by atoms with Gasteiger partial charge in [0.05, 0.1) is 6.10 Å². The van der Waals surface area contributed by atoms with E-state index < -0.39 is 0 Å². The molecule has 1 aliphatic rings. The maximum atomic E-state index is 10.6. The molecule has 106 valence electrons. The summed E-state index contributed by atoms with van der Waals surface area (Å²) in [6.07, 6.45) is 2.09. The number of likely N-dealkylation sites (tertiary alicyclic amines) is 1. The van der Waals surface area contributed by atoms with Gasteiger partial charge < -0.3 is 5.11 Å². The molecule has 0 aliphatic carbocycles. The minimum atomic E-state index is -0.377. The van der Waals surface area contributed by atoms with Gasteiger partial charge in [0.15, 0.2) is 0 Å². The highest BCUT2D eigenvalue weighted by Gasteiger charge is 2.33. The summed E-state index contributed by atoms with van der Waals surface area (Å²) in [6.45, 7) is 12.7. The van der Waals surface area contributed by atoms with Gasteiger partial charge >= 0.3 is 0 Å². The molecule has 1 N–H and O–H groups in total. The summed E-state index contributed by atoms with van der Waals surface area (Å²) >= 11 is 0. The Kier molecular flexibility index (Phi) is 4.03. The van der Waals surface area contributed by atoms with E-state index in [1.807, 2.05) is 0 Å². The number of rotatable bonds is 3. The van der Waals surface area contributed by atoms with Crippen molar-refractivity contribution in [1.82, 2.24) is 4.90 Å². The second-order valence-electron chi connectivity index (χ2n) is 6.69. The van der Waals surface area contributed by atoms with Gasteiger partial charge in [-0.2, -0.15) is 0 Å². The molecule has 1 aliphatic heterocycles. The molecule has 1 unspecified atom stereocenters. The number of β-amino-alcohol motifs (C(OH)–C–C–N with tert-alkyl or cyclic N) is 1. The molecule has 2 nitrogen and oxygen atoms in total. The number of aliphatic hydroxyl groups excluding tert-OH is 1. The third-order valence-corrected chi connectivity index (χ3v) is 4.54. The molecule has 1 aromatic rings. The Hall–Kier alpha value is -0.860. The number of nitrogens with zero attached hydrogens (tertiary/aromatic N) is 1. The van der Waals surface area contributed by atoms with Gasteiger partial charge in [-0.1, -0.05) is 17.7 Å². The minimum absolute atomic E-state index is 0.230. The Balaban J connectivity index is 2.19. The molecule has 1 atom stereocenters. The SMILES string of the molecule is Cc1cc(C)c(C(O)CN2CCCC2(C)C)c(C)c1. The Morgan fingerprint density at radius 1 is 1.21 bits per heavy atom. The summed E-state index contributed by atoms with van der Waals surface area (Å²) in [7, 11) is 0. The topological polar surface area (TPSA) is 23.5 Å². The van der Waals surface area contributed by atoms with E-state index in [9.17, 15) is 5.11 Å². The second kappa shape index (κ2) is 5.26. The Bertz CT molecular complexity index is 441. The van der Waals surface area contributed by atoms with Crippen LogP contribution in [0.4, 0.5) is 0 Å². The van der Waals surface area contributed by atoms with Gasteiger partial charge in [-0.15, -0.1) is 0 Å². The second-order valence-corrected chi connectivity index (χ2v) is 6.69. The number of aliphatic hydroxyl groups is 1. The average molecular weight is 261 g/mol. The van der Waals surface area contributed by atoms with Gasteiger partial charge in [-0.3, -0.25) is 4.90 Å². The summed E-state index contributed by atoms with van der Waals surface area (Å²) in [5.74, 6) is 0. The zero-order valence-corrected chi connectivity index (χ0v) is 13.0. The lowest BCUT2D eigenvalue weighted by Gasteiger charge is -2.33. The van der Waals surface area contributed by atoms with Crippen molar-refractivity contribution in [2.45, 2.75) is 59.1 Å². The highest BCUT2D eigenvalue weighted by Crippen LogP contribution is 2.32. The molecule has 0 aromatic heterocycles. The van der Waals surface area contributed by atoms with E-state index in [-0.39, 0.29) is 11.6 Å². The van der Waals surface area contributed by atoms with Crippen LogP contribution in [-0.2, 0) is 0 Å². The zero-order valence-electron chi connectivity index (χ0n) is 13.0. The van der Waals surface area contributed by atoms with Crippen LogP contribution < -0.4 is 0 Å². The number of hydrogen-bond donors (Lipinski definition) is 1. The Morgan fingerprint density at radius 2 is 1.79 bits per heavy atom. The van der Waals surface area contributed by atoms with Crippen LogP contribution in [-0.4, -0.2) is 28.6 Å². The van der Waals surface area contributed by atoms with Crippen molar-refractivity contribution in [3.05, 3.63) is 34.4 Å². The van der Waals surface area contributed by atoms with Crippen LogP contribution in [0.25, 0.3) is 0 Å². The summed E-state index contributed by atoms with van der Waals surface area (Å²) in [5.41, 5.74) is 5.04. The molecule has 0 saturated carbocycles. The molecular weight excluding hydrogens is 234 g/mol. The van der Waals surface area contributed by atoms with Crippen LogP contribution in [0.5, 0.6) is 0 Å². The molecule has 2 heteroatoms. The fourth-order valence-electron chi connectivity index (χ4n) is 3.52. The van der Waals surface area contributed by atoms with Crippen molar-refractivity contribution >= 4 is 0 Å². The van der Waals surface area contributed by atoms with E-state index >= 15 is 0 Å². The summed E-state index contributed by atoms with van der Waals surface area (Å²) < 4.78 is 0. The predicted octanol–water partition coefficient (Wildman–Crippen LogP) is 3.52. The highest BCUT2D eigenvalue weighted by molar-refractivity contribution is 5.39. The van der Waals surface area contributed by atoms with E-state index in [1.54, 1.807) is 0 Å². The van der Waals surface area contributed by atoms with Crippen LogP contribution in [0, 0.1) is 20.8 Å². The van der Waals surface area contributed by atoms with Crippen molar-refractivity contribution < 1.29 is 5.11 Å². The smallest absolute Gasteiger partial charge is 0.0922 e. The zero-order chi connectivity index (χ0) is 14.2. The van der Waals surface area contributed by atoms with E-state index in [0.717, 1.165) is 18.7 Å². The van der Waals surface area contributed by atoms with Crippen LogP contribution in [0.15, 0.2) is 12.1 Å². The molecule has 1 aromatic carbocycles. The molecule has 2 rings (SSSR count). The summed E-state index contributed by atoms with van der Waals surface area (Å²) in [6, 6.07) is 4.33. The van der Waals surface area contributed by atoms with Crippen LogP contribution in [0.1, 0.15) is 55.0 Å².